The normalized spacial score (nSPS) is 11.0. The number of hydrogen-bond donors (Lipinski definition) is 1. The minimum absolute atomic E-state index is 0.109. The van der Waals surface area contributed by atoms with Crippen molar-refractivity contribution in [3.63, 3.8) is 0 Å². The van der Waals surface area contributed by atoms with Crippen LogP contribution in [-0.4, -0.2) is 30.9 Å². The number of hydrogen-bond acceptors (Lipinski definition) is 6. The molecule has 0 aliphatic carbocycles. The van der Waals surface area contributed by atoms with Crippen LogP contribution < -0.4 is 19.6 Å². The summed E-state index contributed by atoms with van der Waals surface area (Å²) in [5, 5.41) is 4.35. The first-order chi connectivity index (χ1) is 17.4. The molecule has 186 valence electrons. The molecule has 2 aromatic heterocycles. The fourth-order valence-electron chi connectivity index (χ4n) is 3.68. The maximum absolute atomic E-state index is 12.4. The van der Waals surface area contributed by atoms with Gasteiger partial charge in [-0.25, -0.2) is 5.43 Å². The average Bonchev–Trinajstić information content (AvgIpc) is 3.50. The summed E-state index contributed by atoms with van der Waals surface area (Å²) in [6.45, 7) is 4.32. The van der Waals surface area contributed by atoms with Crippen molar-refractivity contribution in [1.82, 2.24) is 9.99 Å². The molecule has 36 heavy (non-hydrogen) atoms. The van der Waals surface area contributed by atoms with Crippen LogP contribution in [0.2, 0.25) is 5.02 Å². The Morgan fingerprint density at radius 1 is 1.00 bits per heavy atom. The smallest absolute Gasteiger partial charge is 0.307 e. The third-order valence-electron chi connectivity index (χ3n) is 5.51. The van der Waals surface area contributed by atoms with Crippen LogP contribution in [0.5, 0.6) is 17.2 Å². The molecule has 0 unspecified atom stereocenters. The van der Waals surface area contributed by atoms with Gasteiger partial charge in [-0.05, 0) is 68.4 Å². The lowest BCUT2D eigenvalue weighted by Gasteiger charge is -2.10. The summed E-state index contributed by atoms with van der Waals surface area (Å²) < 4.78 is 24.0. The van der Waals surface area contributed by atoms with E-state index in [2.05, 4.69) is 41.1 Å². The molecule has 0 saturated heterocycles. The third-order valence-corrected chi connectivity index (χ3v) is 5.83. The fourth-order valence-corrected chi connectivity index (χ4v) is 3.89. The first-order valence-electron chi connectivity index (χ1n) is 11.1. The van der Waals surface area contributed by atoms with Crippen molar-refractivity contribution in [1.29, 1.82) is 0 Å². The largest absolute Gasteiger partial charge is 0.493 e. The lowest BCUT2D eigenvalue weighted by molar-refractivity contribution is 0.0923. The minimum Gasteiger partial charge on any atom is -0.493 e. The van der Waals surface area contributed by atoms with E-state index in [-0.39, 0.29) is 12.4 Å². The number of furan rings is 1. The lowest BCUT2D eigenvalue weighted by Crippen LogP contribution is -2.16. The summed E-state index contributed by atoms with van der Waals surface area (Å²) in [5.74, 6) is 1.80. The van der Waals surface area contributed by atoms with Crippen LogP contribution >= 0.6 is 11.6 Å². The van der Waals surface area contributed by atoms with Crippen molar-refractivity contribution in [2.45, 2.75) is 20.5 Å². The van der Waals surface area contributed by atoms with E-state index < -0.39 is 5.91 Å². The number of benzene rings is 2. The van der Waals surface area contributed by atoms with Gasteiger partial charge in [-0.1, -0.05) is 11.6 Å². The maximum atomic E-state index is 12.4. The van der Waals surface area contributed by atoms with Gasteiger partial charge in [0, 0.05) is 28.7 Å². The molecule has 1 amide bonds. The summed E-state index contributed by atoms with van der Waals surface area (Å²) in [6.07, 6.45) is 1.41. The van der Waals surface area contributed by atoms with Crippen LogP contribution in [0.15, 0.2) is 70.2 Å². The molecule has 0 bridgehead atoms. The molecule has 4 rings (SSSR count). The van der Waals surface area contributed by atoms with Gasteiger partial charge in [-0.2, -0.15) is 5.10 Å². The molecule has 0 aliphatic heterocycles. The van der Waals surface area contributed by atoms with Crippen LogP contribution in [0.3, 0.4) is 0 Å². The third kappa shape index (κ3) is 5.55. The summed E-state index contributed by atoms with van der Waals surface area (Å²) in [6, 6.07) is 18.5. The Bertz CT molecular complexity index is 1370. The van der Waals surface area contributed by atoms with Gasteiger partial charge >= 0.3 is 5.91 Å². The van der Waals surface area contributed by atoms with Crippen molar-refractivity contribution >= 4 is 23.7 Å². The predicted octanol–water partition coefficient (Wildman–Crippen LogP) is 5.70. The van der Waals surface area contributed by atoms with Crippen molar-refractivity contribution in [3.8, 4) is 22.9 Å². The predicted molar refractivity (Wildman–Crippen MR) is 138 cm³/mol. The number of nitrogens with zero attached hydrogens (tertiary/aromatic N) is 2. The highest BCUT2D eigenvalue weighted by molar-refractivity contribution is 6.33. The van der Waals surface area contributed by atoms with Crippen molar-refractivity contribution in [3.05, 3.63) is 94.2 Å². The van der Waals surface area contributed by atoms with E-state index in [1.54, 1.807) is 24.3 Å². The summed E-state index contributed by atoms with van der Waals surface area (Å²) in [4.78, 5) is 12.4. The Morgan fingerprint density at radius 2 is 1.67 bits per heavy atom. The number of rotatable bonds is 9. The molecule has 2 heterocycles. The molecule has 9 heteroatoms. The number of hydrazone groups is 1. The number of nitrogens with one attached hydrogen (secondary N) is 1. The number of aryl methyl sites for hydroxylation is 2. The van der Waals surface area contributed by atoms with E-state index in [4.69, 9.17) is 30.2 Å². The number of methoxy groups -OCH3 is 2. The van der Waals surface area contributed by atoms with Crippen LogP contribution in [0, 0.1) is 13.8 Å². The molecule has 0 saturated carbocycles. The van der Waals surface area contributed by atoms with Gasteiger partial charge in [0.05, 0.1) is 25.5 Å². The van der Waals surface area contributed by atoms with E-state index >= 15 is 0 Å². The van der Waals surface area contributed by atoms with Crippen molar-refractivity contribution in [2.75, 3.05) is 14.2 Å². The summed E-state index contributed by atoms with van der Waals surface area (Å²) in [5.41, 5.74) is 6.37. The Labute approximate surface area is 214 Å². The lowest BCUT2D eigenvalue weighted by atomic mass is 10.2. The summed E-state index contributed by atoms with van der Waals surface area (Å²) >= 11 is 6.23. The second-order valence-electron chi connectivity index (χ2n) is 7.93. The highest BCUT2D eigenvalue weighted by atomic mass is 35.5. The summed E-state index contributed by atoms with van der Waals surface area (Å²) in [7, 11) is 3.04. The number of carbonyl (C=O) groups is 1. The maximum Gasteiger partial charge on any atom is 0.307 e. The molecule has 0 spiro atoms. The van der Waals surface area contributed by atoms with Gasteiger partial charge in [0.15, 0.2) is 17.3 Å². The minimum atomic E-state index is -0.504. The molecule has 1 N–H and O–H groups in total. The van der Waals surface area contributed by atoms with Gasteiger partial charge in [0.1, 0.15) is 18.1 Å². The Hall–Kier alpha value is -4.17. The number of ether oxygens (including phenoxy) is 3. The van der Waals surface area contributed by atoms with Gasteiger partial charge in [-0.3, -0.25) is 4.79 Å². The monoisotopic (exact) mass is 507 g/mol. The average molecular weight is 508 g/mol. The quantitative estimate of drug-likeness (QED) is 0.232. The second-order valence-corrected chi connectivity index (χ2v) is 8.34. The topological polar surface area (TPSA) is 87.2 Å². The molecule has 0 radical (unpaired) electrons. The number of carbonyl (C=O) groups excluding carboxylic acids is 1. The molecule has 0 fully saturated rings. The van der Waals surface area contributed by atoms with Gasteiger partial charge < -0.3 is 23.2 Å². The van der Waals surface area contributed by atoms with Crippen LogP contribution in [0.25, 0.3) is 5.69 Å². The van der Waals surface area contributed by atoms with Crippen LogP contribution in [0.1, 0.15) is 33.3 Å². The van der Waals surface area contributed by atoms with Gasteiger partial charge in [0.2, 0.25) is 0 Å². The SMILES string of the molecule is COc1cc(Cl)c(/C=N/NC(=O)c2ccc(COc3ccc(-n4c(C)ccc4C)cc3)o2)cc1OC. The second kappa shape index (κ2) is 11.0. The Kier molecular flexibility index (Phi) is 7.65. The highest BCUT2D eigenvalue weighted by Gasteiger charge is 2.12. The molecule has 8 nitrogen and oxygen atoms in total. The van der Waals surface area contributed by atoms with Crippen LogP contribution in [0.4, 0.5) is 0 Å². The van der Waals surface area contributed by atoms with Crippen molar-refractivity contribution in [2.24, 2.45) is 5.10 Å². The molecule has 4 aromatic rings. The first-order valence-corrected chi connectivity index (χ1v) is 11.5. The standard InChI is InChI=1S/C27H26ClN3O5/c1-17-5-6-18(2)31(17)20-7-9-21(10-8-20)35-16-22-11-12-24(36-22)27(32)30-29-15-19-13-25(33-3)26(34-4)14-23(19)28/h5-15H,16H2,1-4H3,(H,30,32)/b29-15+. The highest BCUT2D eigenvalue weighted by Crippen LogP contribution is 2.32. The van der Waals surface area contributed by atoms with E-state index in [0.717, 1.165) is 5.69 Å². The van der Waals surface area contributed by atoms with Crippen molar-refractivity contribution < 1.29 is 23.4 Å². The number of amides is 1. The number of halogens is 1. The van der Waals surface area contributed by atoms with E-state index in [1.807, 2.05) is 24.3 Å². The molecular weight excluding hydrogens is 482 g/mol. The van der Waals surface area contributed by atoms with E-state index in [0.29, 0.717) is 33.6 Å². The van der Waals surface area contributed by atoms with Crippen LogP contribution in [-0.2, 0) is 6.61 Å². The van der Waals surface area contributed by atoms with E-state index in [9.17, 15) is 4.79 Å². The molecule has 0 aliphatic rings. The van der Waals surface area contributed by atoms with Gasteiger partial charge in [0.25, 0.3) is 0 Å². The number of aromatic nitrogens is 1. The molecule has 0 atom stereocenters. The fraction of sp³-hybridized carbons (Fsp3) is 0.185. The first kappa shape index (κ1) is 24.9. The molecular formula is C27H26ClN3O5. The zero-order valence-corrected chi connectivity index (χ0v) is 21.1. The zero-order valence-electron chi connectivity index (χ0n) is 20.4. The zero-order chi connectivity index (χ0) is 25.7. The van der Waals surface area contributed by atoms with E-state index in [1.165, 1.54) is 31.8 Å². The Morgan fingerprint density at radius 3 is 2.33 bits per heavy atom. The van der Waals surface area contributed by atoms with Gasteiger partial charge in [-0.15, -0.1) is 0 Å². The molecule has 2 aromatic carbocycles. The Balaban J connectivity index is 1.33.